The van der Waals surface area contributed by atoms with Crippen LogP contribution in [0.4, 0.5) is 0 Å². The highest BCUT2D eigenvalue weighted by molar-refractivity contribution is 5.89. The molecule has 3 unspecified atom stereocenters. The summed E-state index contributed by atoms with van der Waals surface area (Å²) in [5.41, 5.74) is 0. The zero-order chi connectivity index (χ0) is 13.4. The Hall–Kier alpha value is -1.27. The molecule has 1 saturated carbocycles. The number of rotatable bonds is 2. The van der Waals surface area contributed by atoms with Crippen molar-refractivity contribution in [3.05, 3.63) is 11.5 Å². The average molecular weight is 270 g/mol. The second kappa shape index (κ2) is 5.02. The van der Waals surface area contributed by atoms with E-state index in [9.17, 15) is 15.0 Å². The van der Waals surface area contributed by atoms with Gasteiger partial charge in [-0.2, -0.15) is 0 Å². The number of aliphatic hydroxyl groups is 2. The van der Waals surface area contributed by atoms with Gasteiger partial charge in [0.25, 0.3) is 0 Å². The van der Waals surface area contributed by atoms with Crippen molar-refractivity contribution >= 4 is 5.97 Å². The predicted octanol–water partition coefficient (Wildman–Crippen LogP) is 1.56. The molecule has 3 atom stereocenters. The number of hydrogen-bond acceptors (Lipinski definition) is 6. The second-order valence-electron chi connectivity index (χ2n) is 5.33. The molecule has 0 bridgehead atoms. The molecule has 2 fully saturated rings. The first kappa shape index (κ1) is 12.7. The molecule has 0 aromatic carbocycles. The molecule has 6 nitrogen and oxygen atoms in total. The summed E-state index contributed by atoms with van der Waals surface area (Å²) < 4.78 is 16.2. The summed E-state index contributed by atoms with van der Waals surface area (Å²) in [6, 6.07) is 0. The van der Waals surface area contributed by atoms with Crippen molar-refractivity contribution in [2.24, 2.45) is 5.92 Å². The van der Waals surface area contributed by atoms with Gasteiger partial charge < -0.3 is 24.4 Å². The number of carbonyl (C=O) groups excluding carboxylic acids is 1. The Labute approximate surface area is 111 Å². The maximum atomic E-state index is 11.1. The fourth-order valence-corrected chi connectivity index (χ4v) is 2.97. The van der Waals surface area contributed by atoms with E-state index in [-0.39, 0.29) is 12.9 Å². The highest BCUT2D eigenvalue weighted by Gasteiger charge is 2.45. The Morgan fingerprint density at radius 3 is 2.47 bits per heavy atom. The van der Waals surface area contributed by atoms with Crippen LogP contribution in [-0.4, -0.2) is 41.3 Å². The standard InChI is InChI=1S/C13H18O6/c14-9-10(15)12(16)19-11(9)8-6-17-13(18-8)7-4-2-1-3-5-7/h7-8,11,13-15H,1-6H2. The molecule has 1 aliphatic carbocycles. The first-order chi connectivity index (χ1) is 9.16. The Balaban J connectivity index is 1.62. The molecule has 0 amide bonds. The van der Waals surface area contributed by atoms with Gasteiger partial charge in [-0.15, -0.1) is 0 Å². The number of carbonyl (C=O) groups is 1. The van der Waals surface area contributed by atoms with Crippen molar-refractivity contribution in [2.45, 2.75) is 50.6 Å². The lowest BCUT2D eigenvalue weighted by molar-refractivity contribution is -0.152. The summed E-state index contributed by atoms with van der Waals surface area (Å²) in [6.45, 7) is 0.260. The number of aliphatic hydroxyl groups excluding tert-OH is 2. The summed E-state index contributed by atoms with van der Waals surface area (Å²) in [6.07, 6.45) is 4.00. The van der Waals surface area contributed by atoms with Crippen LogP contribution in [0, 0.1) is 5.92 Å². The molecule has 2 N–H and O–H groups in total. The highest BCUT2D eigenvalue weighted by Crippen LogP contribution is 2.34. The number of hydrogen-bond donors (Lipinski definition) is 2. The van der Waals surface area contributed by atoms with Gasteiger partial charge in [0.1, 0.15) is 6.10 Å². The van der Waals surface area contributed by atoms with E-state index in [0.717, 1.165) is 12.8 Å². The van der Waals surface area contributed by atoms with Gasteiger partial charge >= 0.3 is 5.97 Å². The van der Waals surface area contributed by atoms with Crippen molar-refractivity contribution in [3.63, 3.8) is 0 Å². The molecule has 6 heteroatoms. The molecule has 2 heterocycles. The van der Waals surface area contributed by atoms with Gasteiger partial charge in [0.2, 0.25) is 5.76 Å². The van der Waals surface area contributed by atoms with E-state index in [4.69, 9.17) is 14.2 Å². The van der Waals surface area contributed by atoms with Crippen LogP contribution in [0.1, 0.15) is 32.1 Å². The molecule has 2 aliphatic heterocycles. The maximum Gasteiger partial charge on any atom is 0.377 e. The first-order valence-electron chi connectivity index (χ1n) is 6.77. The smallest absolute Gasteiger partial charge is 0.377 e. The van der Waals surface area contributed by atoms with Gasteiger partial charge in [0.15, 0.2) is 18.2 Å². The minimum absolute atomic E-state index is 0.260. The summed E-state index contributed by atoms with van der Waals surface area (Å²) in [5.74, 6) is -1.72. The van der Waals surface area contributed by atoms with Crippen LogP contribution in [0.25, 0.3) is 0 Å². The number of cyclic esters (lactones) is 1. The molecule has 106 valence electrons. The summed E-state index contributed by atoms with van der Waals surface area (Å²) in [7, 11) is 0. The second-order valence-corrected chi connectivity index (χ2v) is 5.33. The average Bonchev–Trinajstić information content (AvgIpc) is 3.01. The number of esters is 1. The Morgan fingerprint density at radius 1 is 1.11 bits per heavy atom. The third-order valence-corrected chi connectivity index (χ3v) is 4.05. The fraction of sp³-hybridized carbons (Fsp3) is 0.769. The van der Waals surface area contributed by atoms with Crippen LogP contribution in [0.2, 0.25) is 0 Å². The molecular formula is C13H18O6. The minimum Gasteiger partial charge on any atom is -0.505 e. The molecule has 0 spiro atoms. The minimum atomic E-state index is -0.943. The Morgan fingerprint density at radius 2 is 1.84 bits per heavy atom. The monoisotopic (exact) mass is 270 g/mol. The third kappa shape index (κ3) is 2.30. The van der Waals surface area contributed by atoms with Crippen LogP contribution < -0.4 is 0 Å². The van der Waals surface area contributed by atoms with Crippen LogP contribution in [0.5, 0.6) is 0 Å². The van der Waals surface area contributed by atoms with Crippen molar-refractivity contribution < 1.29 is 29.2 Å². The van der Waals surface area contributed by atoms with Gasteiger partial charge in [0, 0.05) is 5.92 Å². The van der Waals surface area contributed by atoms with E-state index >= 15 is 0 Å². The quantitative estimate of drug-likeness (QED) is 0.741. The first-order valence-corrected chi connectivity index (χ1v) is 6.77. The van der Waals surface area contributed by atoms with Gasteiger partial charge in [-0.1, -0.05) is 19.3 Å². The summed E-state index contributed by atoms with van der Waals surface area (Å²) in [5, 5.41) is 18.9. The highest BCUT2D eigenvalue weighted by atomic mass is 16.7. The van der Waals surface area contributed by atoms with Crippen LogP contribution in [0.3, 0.4) is 0 Å². The fourth-order valence-electron chi connectivity index (χ4n) is 2.97. The van der Waals surface area contributed by atoms with E-state index in [0.29, 0.717) is 5.92 Å². The lowest BCUT2D eigenvalue weighted by Gasteiger charge is -2.26. The zero-order valence-corrected chi connectivity index (χ0v) is 10.6. The van der Waals surface area contributed by atoms with Crippen molar-refractivity contribution in [2.75, 3.05) is 6.61 Å². The van der Waals surface area contributed by atoms with Gasteiger partial charge in [-0.3, -0.25) is 0 Å². The maximum absolute atomic E-state index is 11.1. The molecular weight excluding hydrogens is 252 g/mol. The zero-order valence-electron chi connectivity index (χ0n) is 10.6. The van der Waals surface area contributed by atoms with E-state index in [1.807, 2.05) is 0 Å². The van der Waals surface area contributed by atoms with Crippen molar-refractivity contribution in [1.29, 1.82) is 0 Å². The largest absolute Gasteiger partial charge is 0.505 e. The Bertz CT molecular complexity index is 398. The van der Waals surface area contributed by atoms with Crippen LogP contribution in [-0.2, 0) is 19.0 Å². The van der Waals surface area contributed by atoms with Crippen LogP contribution >= 0.6 is 0 Å². The van der Waals surface area contributed by atoms with Gasteiger partial charge in [-0.05, 0) is 12.8 Å². The normalized spacial score (nSPS) is 36.8. The Kier molecular flexibility index (Phi) is 3.36. The van der Waals surface area contributed by atoms with Gasteiger partial charge in [0.05, 0.1) is 6.61 Å². The third-order valence-electron chi connectivity index (χ3n) is 4.05. The SMILES string of the molecule is O=C1OC(C2COC(C3CCCCC3)O2)C(O)=C1O. The topological polar surface area (TPSA) is 85.2 Å². The van der Waals surface area contributed by atoms with E-state index < -0.39 is 29.7 Å². The number of ether oxygens (including phenoxy) is 3. The molecule has 0 radical (unpaired) electrons. The van der Waals surface area contributed by atoms with Crippen molar-refractivity contribution in [1.82, 2.24) is 0 Å². The molecule has 0 aromatic heterocycles. The lowest BCUT2D eigenvalue weighted by Crippen LogP contribution is -2.32. The molecule has 3 aliphatic rings. The lowest BCUT2D eigenvalue weighted by atomic mass is 9.89. The van der Waals surface area contributed by atoms with Gasteiger partial charge in [-0.25, -0.2) is 4.79 Å². The predicted molar refractivity (Wildman–Crippen MR) is 63.4 cm³/mol. The summed E-state index contributed by atoms with van der Waals surface area (Å²) >= 11 is 0. The molecule has 19 heavy (non-hydrogen) atoms. The van der Waals surface area contributed by atoms with E-state index in [1.165, 1.54) is 19.3 Å². The van der Waals surface area contributed by atoms with E-state index in [2.05, 4.69) is 0 Å². The van der Waals surface area contributed by atoms with E-state index in [1.54, 1.807) is 0 Å². The molecule has 0 aromatic rings. The summed E-state index contributed by atoms with van der Waals surface area (Å²) in [4.78, 5) is 11.1. The molecule has 3 rings (SSSR count). The van der Waals surface area contributed by atoms with Crippen molar-refractivity contribution in [3.8, 4) is 0 Å². The molecule has 1 saturated heterocycles. The van der Waals surface area contributed by atoms with Crippen LogP contribution in [0.15, 0.2) is 11.5 Å².